The van der Waals surface area contributed by atoms with E-state index in [2.05, 4.69) is 15.4 Å². The molecule has 0 saturated heterocycles. The van der Waals surface area contributed by atoms with Crippen molar-refractivity contribution in [1.29, 1.82) is 0 Å². The van der Waals surface area contributed by atoms with Crippen LogP contribution in [0.15, 0.2) is 39.9 Å². The highest BCUT2D eigenvalue weighted by molar-refractivity contribution is 7.89. The topological polar surface area (TPSA) is 75.3 Å². The molecule has 1 aromatic heterocycles. The molecule has 1 unspecified atom stereocenters. The lowest BCUT2D eigenvalue weighted by Gasteiger charge is -2.14. The van der Waals surface area contributed by atoms with Crippen LogP contribution in [0.2, 0.25) is 0 Å². The summed E-state index contributed by atoms with van der Waals surface area (Å²) >= 11 is 1.63. The van der Waals surface area contributed by atoms with Crippen molar-refractivity contribution in [2.45, 2.75) is 44.6 Å². The van der Waals surface area contributed by atoms with Crippen molar-refractivity contribution < 1.29 is 13.2 Å². The monoisotopic (exact) mass is 380 g/mol. The van der Waals surface area contributed by atoms with Crippen molar-refractivity contribution >= 4 is 27.3 Å². The first-order valence-corrected chi connectivity index (χ1v) is 10.6. The van der Waals surface area contributed by atoms with Crippen LogP contribution in [0.25, 0.3) is 0 Å². The highest BCUT2D eigenvalue weighted by Crippen LogP contribution is 2.16. The third-order valence-electron chi connectivity index (χ3n) is 3.79. The predicted molar refractivity (Wildman–Crippen MR) is 101 cm³/mol. The number of thiophene rings is 1. The number of aryl methyl sites for hydroxylation is 2. The molecule has 1 atom stereocenters. The van der Waals surface area contributed by atoms with Crippen molar-refractivity contribution in [3.8, 4) is 0 Å². The van der Waals surface area contributed by atoms with E-state index in [-0.39, 0.29) is 29.8 Å². The highest BCUT2D eigenvalue weighted by atomic mass is 32.2. The summed E-state index contributed by atoms with van der Waals surface area (Å²) in [5.74, 6) is -0.161. The van der Waals surface area contributed by atoms with Gasteiger partial charge in [0.25, 0.3) is 0 Å². The second kappa shape index (κ2) is 8.60. The Labute approximate surface area is 153 Å². The number of rotatable bonds is 8. The maximum atomic E-state index is 12.3. The van der Waals surface area contributed by atoms with E-state index in [4.69, 9.17) is 0 Å². The molecule has 0 saturated carbocycles. The molecule has 5 nitrogen and oxygen atoms in total. The van der Waals surface area contributed by atoms with Crippen LogP contribution in [0.4, 0.5) is 0 Å². The second-order valence-electron chi connectivity index (χ2n) is 6.22. The van der Waals surface area contributed by atoms with Gasteiger partial charge in [-0.15, -0.1) is 0 Å². The Morgan fingerprint density at radius 1 is 1.24 bits per heavy atom. The van der Waals surface area contributed by atoms with Crippen LogP contribution in [0.3, 0.4) is 0 Å². The zero-order valence-corrected chi connectivity index (χ0v) is 16.3. The molecule has 1 aromatic carbocycles. The molecule has 0 fully saturated rings. The number of benzene rings is 1. The van der Waals surface area contributed by atoms with E-state index < -0.39 is 10.0 Å². The first kappa shape index (κ1) is 19.6. The van der Waals surface area contributed by atoms with Gasteiger partial charge in [0.2, 0.25) is 15.9 Å². The molecular formula is C18H24N2O3S2. The lowest BCUT2D eigenvalue weighted by molar-refractivity contribution is -0.121. The van der Waals surface area contributed by atoms with Gasteiger partial charge in [-0.3, -0.25) is 4.79 Å². The van der Waals surface area contributed by atoms with Crippen molar-refractivity contribution in [3.05, 3.63) is 51.7 Å². The highest BCUT2D eigenvalue weighted by Gasteiger charge is 2.17. The lowest BCUT2D eigenvalue weighted by atomic mass is 10.1. The normalized spacial score (nSPS) is 12.8. The zero-order valence-electron chi connectivity index (χ0n) is 14.7. The van der Waals surface area contributed by atoms with Gasteiger partial charge in [-0.1, -0.05) is 17.7 Å². The van der Waals surface area contributed by atoms with E-state index in [9.17, 15) is 13.2 Å². The van der Waals surface area contributed by atoms with Crippen molar-refractivity contribution in [3.63, 3.8) is 0 Å². The number of nitrogens with one attached hydrogen (secondary N) is 2. The van der Waals surface area contributed by atoms with E-state index in [1.807, 2.05) is 31.4 Å². The first-order chi connectivity index (χ1) is 11.8. The largest absolute Gasteiger partial charge is 0.353 e. The SMILES string of the molecule is Cc1ccc(S(=O)(=O)NCCC(=O)NC(C)Cc2ccsc2)c(C)c1. The summed E-state index contributed by atoms with van der Waals surface area (Å²) in [7, 11) is -3.60. The Morgan fingerprint density at radius 3 is 2.64 bits per heavy atom. The predicted octanol–water partition coefficient (Wildman–Crippen LogP) is 2.78. The third-order valence-corrected chi connectivity index (χ3v) is 6.15. The fourth-order valence-electron chi connectivity index (χ4n) is 2.64. The minimum Gasteiger partial charge on any atom is -0.353 e. The quantitative estimate of drug-likeness (QED) is 0.739. The Bertz CT molecular complexity index is 815. The molecule has 0 spiro atoms. The van der Waals surface area contributed by atoms with Gasteiger partial charge in [-0.05, 0) is 61.2 Å². The van der Waals surface area contributed by atoms with Crippen LogP contribution in [0.5, 0.6) is 0 Å². The number of amides is 1. The number of carbonyl (C=O) groups excluding carboxylic acids is 1. The maximum Gasteiger partial charge on any atom is 0.240 e. The van der Waals surface area contributed by atoms with E-state index in [1.54, 1.807) is 30.4 Å². The van der Waals surface area contributed by atoms with Gasteiger partial charge in [0.05, 0.1) is 4.90 Å². The van der Waals surface area contributed by atoms with Gasteiger partial charge < -0.3 is 5.32 Å². The average molecular weight is 381 g/mol. The summed E-state index contributed by atoms with van der Waals surface area (Å²) in [6.45, 7) is 5.70. The van der Waals surface area contributed by atoms with Gasteiger partial charge in [-0.25, -0.2) is 13.1 Å². The number of hydrogen-bond donors (Lipinski definition) is 2. The lowest BCUT2D eigenvalue weighted by Crippen LogP contribution is -2.36. The van der Waals surface area contributed by atoms with E-state index in [1.165, 1.54) is 5.56 Å². The number of sulfonamides is 1. The van der Waals surface area contributed by atoms with Crippen LogP contribution in [-0.4, -0.2) is 26.9 Å². The van der Waals surface area contributed by atoms with Crippen molar-refractivity contribution in [2.24, 2.45) is 0 Å². The summed E-state index contributed by atoms with van der Waals surface area (Å²) in [6, 6.07) is 7.23. The van der Waals surface area contributed by atoms with E-state index >= 15 is 0 Å². The van der Waals surface area contributed by atoms with Crippen LogP contribution in [-0.2, 0) is 21.2 Å². The summed E-state index contributed by atoms with van der Waals surface area (Å²) in [6.07, 6.45) is 0.877. The second-order valence-corrected chi connectivity index (χ2v) is 8.74. The summed E-state index contributed by atoms with van der Waals surface area (Å²) < 4.78 is 27.2. The van der Waals surface area contributed by atoms with Gasteiger partial charge >= 0.3 is 0 Å². The standard InChI is InChI=1S/C18H24N2O3S2/c1-13-4-5-17(14(2)10-13)25(22,23)19-8-6-18(21)20-15(3)11-16-7-9-24-12-16/h4-5,7,9-10,12,15,19H,6,8,11H2,1-3H3,(H,20,21). The molecule has 7 heteroatoms. The Balaban J connectivity index is 1.81. The molecule has 0 aliphatic heterocycles. The zero-order chi connectivity index (χ0) is 18.4. The number of carbonyl (C=O) groups is 1. The summed E-state index contributed by atoms with van der Waals surface area (Å²) in [5.41, 5.74) is 2.89. The minimum absolute atomic E-state index is 0.0121. The fraction of sp³-hybridized carbons (Fsp3) is 0.389. The molecule has 0 aliphatic carbocycles. The van der Waals surface area contributed by atoms with Gasteiger partial charge in [0.1, 0.15) is 0 Å². The Kier molecular flexibility index (Phi) is 6.75. The van der Waals surface area contributed by atoms with Gasteiger partial charge in [-0.2, -0.15) is 11.3 Å². The van der Waals surface area contributed by atoms with Gasteiger partial charge in [0.15, 0.2) is 0 Å². The maximum absolute atomic E-state index is 12.3. The molecule has 0 aliphatic rings. The molecule has 1 heterocycles. The molecule has 0 bridgehead atoms. The third kappa shape index (κ3) is 5.95. The summed E-state index contributed by atoms with van der Waals surface area (Å²) in [5, 5.41) is 6.96. The van der Waals surface area contributed by atoms with E-state index in [0.717, 1.165) is 12.0 Å². The molecule has 0 radical (unpaired) electrons. The van der Waals surface area contributed by atoms with Crippen molar-refractivity contribution in [2.75, 3.05) is 6.54 Å². The minimum atomic E-state index is -3.60. The van der Waals surface area contributed by atoms with E-state index in [0.29, 0.717) is 5.56 Å². The summed E-state index contributed by atoms with van der Waals surface area (Å²) in [4.78, 5) is 12.2. The van der Waals surface area contributed by atoms with Crippen LogP contribution in [0.1, 0.15) is 30.0 Å². The molecule has 25 heavy (non-hydrogen) atoms. The molecule has 2 aromatic rings. The Morgan fingerprint density at radius 2 is 2.00 bits per heavy atom. The average Bonchev–Trinajstić information content (AvgIpc) is 2.99. The van der Waals surface area contributed by atoms with Gasteiger partial charge in [0, 0.05) is 19.0 Å². The molecule has 136 valence electrons. The van der Waals surface area contributed by atoms with Crippen LogP contribution < -0.4 is 10.0 Å². The molecule has 2 N–H and O–H groups in total. The molecule has 1 amide bonds. The number of hydrogen-bond acceptors (Lipinski definition) is 4. The smallest absolute Gasteiger partial charge is 0.240 e. The van der Waals surface area contributed by atoms with Crippen LogP contribution in [0, 0.1) is 13.8 Å². The fourth-order valence-corrected chi connectivity index (χ4v) is 4.58. The van der Waals surface area contributed by atoms with Crippen molar-refractivity contribution in [1.82, 2.24) is 10.0 Å². The first-order valence-electron chi connectivity index (χ1n) is 8.15. The molecular weight excluding hydrogens is 356 g/mol. The Hall–Kier alpha value is -1.70. The van der Waals surface area contributed by atoms with Crippen LogP contribution >= 0.6 is 11.3 Å². The molecule has 2 rings (SSSR count).